The highest BCUT2D eigenvalue weighted by Crippen LogP contribution is 2.44. The van der Waals surface area contributed by atoms with Gasteiger partial charge in [0.1, 0.15) is 12.6 Å². The van der Waals surface area contributed by atoms with Gasteiger partial charge in [0.15, 0.2) is 0 Å². The summed E-state index contributed by atoms with van der Waals surface area (Å²) in [6, 6.07) is 21.7. The van der Waals surface area contributed by atoms with E-state index in [9.17, 15) is 14.4 Å². The first-order valence-electron chi connectivity index (χ1n) is 11.6. The van der Waals surface area contributed by atoms with Crippen molar-refractivity contribution < 1.29 is 24.2 Å². The number of hydrogen-bond donors (Lipinski definition) is 3. The fourth-order valence-corrected chi connectivity index (χ4v) is 4.37. The molecule has 7 nitrogen and oxygen atoms in total. The highest BCUT2D eigenvalue weighted by Gasteiger charge is 2.30. The van der Waals surface area contributed by atoms with Gasteiger partial charge in [-0.1, -0.05) is 74.5 Å². The number of ether oxygens (including phenoxy) is 1. The summed E-state index contributed by atoms with van der Waals surface area (Å²) >= 11 is 0. The van der Waals surface area contributed by atoms with E-state index in [4.69, 9.17) is 9.84 Å². The van der Waals surface area contributed by atoms with Crippen LogP contribution in [0, 0.1) is 5.92 Å². The molecule has 3 aromatic rings. The molecular formula is C28H28N2O5. The molecule has 3 N–H and O–H groups in total. The fourth-order valence-electron chi connectivity index (χ4n) is 4.37. The number of nitrogens with one attached hydrogen (secondary N) is 2. The van der Waals surface area contributed by atoms with Crippen LogP contribution in [0.3, 0.4) is 0 Å². The third kappa shape index (κ3) is 5.35. The second-order valence-corrected chi connectivity index (χ2v) is 8.91. The SMILES string of the molecule is CC(C)[C@H](NC(=O)OCC1c2ccccc2-c2ccccc21)C(=O)NCc1ccc(C(=O)O)cc1. The van der Waals surface area contributed by atoms with Gasteiger partial charge in [0, 0.05) is 12.5 Å². The smallest absolute Gasteiger partial charge is 0.407 e. The van der Waals surface area contributed by atoms with Crippen LogP contribution in [0.15, 0.2) is 72.8 Å². The molecule has 4 rings (SSSR count). The average molecular weight is 473 g/mol. The van der Waals surface area contributed by atoms with E-state index in [0.717, 1.165) is 27.8 Å². The molecule has 2 amide bonds. The lowest BCUT2D eigenvalue weighted by Gasteiger charge is -2.22. The van der Waals surface area contributed by atoms with Crippen LogP contribution in [-0.2, 0) is 16.1 Å². The summed E-state index contributed by atoms with van der Waals surface area (Å²) in [5.74, 6) is -1.57. The van der Waals surface area contributed by atoms with Crippen molar-refractivity contribution in [2.24, 2.45) is 5.92 Å². The molecule has 1 atom stereocenters. The lowest BCUT2D eigenvalue weighted by atomic mass is 9.98. The van der Waals surface area contributed by atoms with Gasteiger partial charge in [-0.05, 0) is 45.9 Å². The van der Waals surface area contributed by atoms with Crippen LogP contribution in [0.2, 0.25) is 0 Å². The molecule has 0 bridgehead atoms. The van der Waals surface area contributed by atoms with Gasteiger partial charge >= 0.3 is 12.1 Å². The second-order valence-electron chi connectivity index (χ2n) is 8.91. The zero-order valence-corrected chi connectivity index (χ0v) is 19.7. The predicted octanol–water partition coefficient (Wildman–Crippen LogP) is 4.56. The fraction of sp³-hybridized carbons (Fsp3) is 0.250. The van der Waals surface area contributed by atoms with Gasteiger partial charge < -0.3 is 20.5 Å². The van der Waals surface area contributed by atoms with Gasteiger partial charge in [-0.2, -0.15) is 0 Å². The number of carbonyl (C=O) groups excluding carboxylic acids is 2. The third-order valence-electron chi connectivity index (χ3n) is 6.23. The van der Waals surface area contributed by atoms with E-state index in [-0.39, 0.29) is 36.5 Å². The number of hydrogen-bond acceptors (Lipinski definition) is 4. The van der Waals surface area contributed by atoms with Gasteiger partial charge in [0.25, 0.3) is 0 Å². The standard InChI is InChI=1S/C28H28N2O5/c1-17(2)25(26(31)29-15-18-11-13-19(14-12-18)27(32)33)30-28(34)35-16-24-22-9-5-3-7-20(22)21-8-4-6-10-23(21)24/h3-14,17,24-25H,15-16H2,1-2H3,(H,29,31)(H,30,34)(H,32,33)/t25-/m0/s1. The lowest BCUT2D eigenvalue weighted by Crippen LogP contribution is -2.49. The van der Waals surface area contributed by atoms with Crippen molar-refractivity contribution in [3.05, 3.63) is 95.1 Å². The van der Waals surface area contributed by atoms with E-state index < -0.39 is 18.1 Å². The van der Waals surface area contributed by atoms with Crippen LogP contribution in [0.5, 0.6) is 0 Å². The van der Waals surface area contributed by atoms with E-state index in [1.165, 1.54) is 12.1 Å². The van der Waals surface area contributed by atoms with Crippen molar-refractivity contribution in [2.45, 2.75) is 32.4 Å². The molecule has 1 aliphatic rings. The Morgan fingerprint density at radius 2 is 1.46 bits per heavy atom. The third-order valence-corrected chi connectivity index (χ3v) is 6.23. The molecule has 0 radical (unpaired) electrons. The van der Waals surface area contributed by atoms with Crippen molar-refractivity contribution in [1.29, 1.82) is 0 Å². The van der Waals surface area contributed by atoms with Crippen LogP contribution >= 0.6 is 0 Å². The highest BCUT2D eigenvalue weighted by atomic mass is 16.5. The summed E-state index contributed by atoms with van der Waals surface area (Å²) < 4.78 is 5.58. The van der Waals surface area contributed by atoms with E-state index >= 15 is 0 Å². The maximum absolute atomic E-state index is 12.8. The summed E-state index contributed by atoms with van der Waals surface area (Å²) in [7, 11) is 0. The second kappa shape index (κ2) is 10.4. The number of carbonyl (C=O) groups is 3. The van der Waals surface area contributed by atoms with E-state index in [2.05, 4.69) is 34.9 Å². The minimum Gasteiger partial charge on any atom is -0.478 e. The lowest BCUT2D eigenvalue weighted by molar-refractivity contribution is -0.124. The van der Waals surface area contributed by atoms with Crippen LogP contribution in [0.4, 0.5) is 4.79 Å². The summed E-state index contributed by atoms with van der Waals surface area (Å²) in [6.07, 6.45) is -0.647. The number of carboxylic acid groups (broad SMARTS) is 1. The Labute approximate surface area is 204 Å². The number of aromatic carboxylic acids is 1. The number of carboxylic acids is 1. The summed E-state index contributed by atoms with van der Waals surface area (Å²) in [5.41, 5.74) is 5.46. The van der Waals surface area contributed by atoms with Crippen LogP contribution in [0.1, 0.15) is 46.8 Å². The average Bonchev–Trinajstić information content (AvgIpc) is 3.18. The van der Waals surface area contributed by atoms with Gasteiger partial charge in [-0.3, -0.25) is 4.79 Å². The van der Waals surface area contributed by atoms with Gasteiger partial charge in [0.05, 0.1) is 5.56 Å². The Bertz CT molecular complexity index is 1190. The Morgan fingerprint density at radius 3 is 2.00 bits per heavy atom. The molecule has 0 spiro atoms. The van der Waals surface area contributed by atoms with E-state index in [0.29, 0.717) is 0 Å². The van der Waals surface area contributed by atoms with Crippen LogP contribution in [0.25, 0.3) is 11.1 Å². The van der Waals surface area contributed by atoms with Crippen LogP contribution in [-0.4, -0.2) is 35.7 Å². The highest BCUT2D eigenvalue weighted by molar-refractivity contribution is 5.88. The summed E-state index contributed by atoms with van der Waals surface area (Å²) in [4.78, 5) is 36.4. The topological polar surface area (TPSA) is 105 Å². The van der Waals surface area contributed by atoms with E-state index in [1.54, 1.807) is 12.1 Å². The molecule has 35 heavy (non-hydrogen) atoms. The van der Waals surface area contributed by atoms with Crippen molar-refractivity contribution in [2.75, 3.05) is 6.61 Å². The number of amides is 2. The first kappa shape index (κ1) is 24.0. The predicted molar refractivity (Wildman–Crippen MR) is 132 cm³/mol. The number of rotatable bonds is 8. The number of fused-ring (bicyclic) bond motifs is 3. The first-order valence-corrected chi connectivity index (χ1v) is 11.6. The van der Waals surface area contributed by atoms with Gasteiger partial charge in [-0.25, -0.2) is 9.59 Å². The van der Waals surface area contributed by atoms with E-state index in [1.807, 2.05) is 38.1 Å². The zero-order valence-electron chi connectivity index (χ0n) is 19.7. The van der Waals surface area contributed by atoms with Gasteiger partial charge in [-0.15, -0.1) is 0 Å². The summed E-state index contributed by atoms with van der Waals surface area (Å²) in [6.45, 7) is 4.07. The normalized spacial score (nSPS) is 13.0. The minimum atomic E-state index is -1.01. The molecule has 0 unspecified atom stereocenters. The summed E-state index contributed by atoms with van der Waals surface area (Å²) in [5, 5.41) is 14.5. The Kier molecular flexibility index (Phi) is 7.15. The van der Waals surface area contributed by atoms with Crippen molar-refractivity contribution >= 4 is 18.0 Å². The molecule has 0 saturated heterocycles. The molecule has 0 saturated carbocycles. The molecule has 1 aliphatic carbocycles. The first-order chi connectivity index (χ1) is 16.8. The zero-order chi connectivity index (χ0) is 24.9. The largest absolute Gasteiger partial charge is 0.478 e. The molecule has 3 aromatic carbocycles. The van der Waals surface area contributed by atoms with Crippen LogP contribution < -0.4 is 10.6 Å². The van der Waals surface area contributed by atoms with Gasteiger partial charge in [0.2, 0.25) is 5.91 Å². The maximum Gasteiger partial charge on any atom is 0.407 e. The number of benzene rings is 3. The molecule has 0 fully saturated rings. The molecule has 0 aliphatic heterocycles. The van der Waals surface area contributed by atoms with Crippen molar-refractivity contribution in [3.8, 4) is 11.1 Å². The Hall–Kier alpha value is -4.13. The number of alkyl carbamates (subject to hydrolysis) is 1. The Morgan fingerprint density at radius 1 is 0.886 bits per heavy atom. The quantitative estimate of drug-likeness (QED) is 0.446. The molecule has 0 aromatic heterocycles. The van der Waals surface area contributed by atoms with Crippen molar-refractivity contribution in [3.63, 3.8) is 0 Å². The minimum absolute atomic E-state index is 0.0618. The monoisotopic (exact) mass is 472 g/mol. The maximum atomic E-state index is 12.8. The molecular weight excluding hydrogens is 444 g/mol. The molecule has 7 heteroatoms. The molecule has 0 heterocycles. The molecule has 180 valence electrons. The van der Waals surface area contributed by atoms with Crippen molar-refractivity contribution in [1.82, 2.24) is 10.6 Å². The Balaban J connectivity index is 1.35.